The summed E-state index contributed by atoms with van der Waals surface area (Å²) in [7, 11) is 9.78. The van der Waals surface area contributed by atoms with Crippen molar-refractivity contribution in [1.82, 2.24) is 84.2 Å². The number of carbonyl (C=O) groups excluding carboxylic acids is 6. The number of amides is 4. The normalized spacial score (nSPS) is 16.2. The van der Waals surface area contributed by atoms with Crippen LogP contribution in [0.5, 0.6) is 17.2 Å². The van der Waals surface area contributed by atoms with Gasteiger partial charge in [0, 0.05) is 213 Å². The Bertz CT molecular complexity index is 7890. The lowest BCUT2D eigenvalue weighted by atomic mass is 9.62. The number of nitrogens with one attached hydrogen (secondary N) is 10. The van der Waals surface area contributed by atoms with Gasteiger partial charge in [-0.05, 0) is 276 Å². The van der Waals surface area contributed by atoms with E-state index in [1.165, 1.54) is 72.0 Å². The molecule has 24 rings (SSSR count). The maximum atomic E-state index is 12.9. The predicted molar refractivity (Wildman–Crippen MR) is 547 cm³/mol. The number of alkyl halides is 6. The van der Waals surface area contributed by atoms with E-state index in [0.29, 0.717) is 87.3 Å². The molecule has 10 N–H and O–H groups in total. The standard InChI is InChI=1S/C20H19F3N2O2.C19H19BrN2O.C19H20ClN3O2.C19H21N3O2.C17H15F3N4O2.C15H12ClN3O2/c1-25-8-5-14(12-25)19(6-2-7-19)11-18(26)17-10-13-9-15(27-20(21,22)23)3-4-16(13)24-17;1-22-8-5-14(12-22)19(6-2-7-19)11-18(23)17-10-13-9-15(20)3-4-16(13)21-17;1-23-7-4-14(12-23)19(5-8-25-9-6-19)22-18(24)17-11-13-10-15(20)2-3-16(13)21-17;1-3-24-15-4-5-16-13(10-15)11-17(20-16)18(23)21-19(7-8-19)14-6-9-22(2)12-14;1-24-9-11(8-21-24)16(4-5-16)23-15(25)14-7-10-6-12(26-17(18,19)20)2-3-13(10)22-14;16-10-1-2-11-9(5-10)6-12(18-11)14(20)19-15(3-4-15)13-7-21-8-17-13/h3-5,8-10,12,24H,2,6-7,11H2,1H3;3-5,8-10,12,21H,2,6-7,11H2,1H3;2-4,7,10-12,21H,5-6,8-9H2,1H3,(H,22,24);4-6,9-12,20H,3,7-8H2,1-2H3,(H,21,23);2-3,6-9,22H,4-5H2,1H3,(H,23,25);1-2,5-8,18H,3-4H2,(H,19,20). The van der Waals surface area contributed by atoms with Crippen molar-refractivity contribution in [2.75, 3.05) is 19.8 Å². The Labute approximate surface area is 851 Å². The number of carbonyl (C=O) groups is 6. The molecule has 146 heavy (non-hydrogen) atoms. The molecule has 28 nitrogen and oxygen atoms in total. The number of fused-ring (bicyclic) bond motifs is 6. The minimum absolute atomic E-state index is 0.0342. The fraction of sp³-hybridized carbons (Fsp3) is 0.303. The minimum atomic E-state index is -4.76. The summed E-state index contributed by atoms with van der Waals surface area (Å²) >= 11 is 15.5. The number of Topliss-reactive ketones (excluding diaryl/α,β-unsaturated/α-hetero) is 2. The number of hydrogen-bond acceptors (Lipinski definition) is 13. The highest BCUT2D eigenvalue weighted by Gasteiger charge is 2.51. The van der Waals surface area contributed by atoms with Crippen LogP contribution in [0.1, 0.15) is 206 Å². The van der Waals surface area contributed by atoms with Crippen LogP contribution in [0, 0.1) is 0 Å². The lowest BCUT2D eigenvalue weighted by Gasteiger charge is -2.41. The highest BCUT2D eigenvalue weighted by molar-refractivity contribution is 9.10. The van der Waals surface area contributed by atoms with E-state index in [9.17, 15) is 55.1 Å². The molecule has 0 spiro atoms. The first-order chi connectivity index (χ1) is 69.8. The van der Waals surface area contributed by atoms with Crippen molar-refractivity contribution < 1.29 is 78.5 Å². The molecule has 37 heteroatoms. The topological polar surface area (TPSA) is 346 Å². The summed E-state index contributed by atoms with van der Waals surface area (Å²) in [6.45, 7) is 3.86. The van der Waals surface area contributed by atoms with Gasteiger partial charge in [0.2, 0.25) is 0 Å². The Balaban J connectivity index is 0.000000111. The molecule has 0 radical (unpaired) electrons. The van der Waals surface area contributed by atoms with E-state index in [1.807, 2.05) is 159 Å². The van der Waals surface area contributed by atoms with Crippen molar-refractivity contribution in [2.24, 2.45) is 35.2 Å². The summed E-state index contributed by atoms with van der Waals surface area (Å²) in [5.41, 5.74) is 12.9. The van der Waals surface area contributed by atoms with E-state index in [0.717, 1.165) is 160 Å². The Morgan fingerprint density at radius 2 is 0.747 bits per heavy atom. The van der Waals surface area contributed by atoms with E-state index < -0.39 is 23.8 Å². The second kappa shape index (κ2) is 40.4. The third-order valence-corrected chi connectivity index (χ3v) is 29.3. The number of hydrogen-bond donors (Lipinski definition) is 10. The Morgan fingerprint density at radius 3 is 1.10 bits per heavy atom. The molecular weight excluding hydrogens is 1990 g/mol. The molecule has 5 aliphatic carbocycles. The molecule has 756 valence electrons. The number of halogens is 9. The zero-order valence-corrected chi connectivity index (χ0v) is 83.6. The summed E-state index contributed by atoms with van der Waals surface area (Å²) in [6, 6.07) is 49.7. The molecule has 0 unspecified atom stereocenters. The van der Waals surface area contributed by atoms with Gasteiger partial charge in [-0.2, -0.15) is 5.10 Å². The second-order valence-corrected chi connectivity index (χ2v) is 40.6. The molecule has 1 aliphatic heterocycles. The first-order valence-electron chi connectivity index (χ1n) is 48.0. The van der Waals surface area contributed by atoms with Crippen molar-refractivity contribution in [3.63, 3.8) is 0 Å². The van der Waals surface area contributed by atoms with Gasteiger partial charge in [-0.1, -0.05) is 52.0 Å². The lowest BCUT2D eigenvalue weighted by Crippen LogP contribution is -2.49. The Kier molecular flexibility index (Phi) is 27.7. The number of ketones is 2. The van der Waals surface area contributed by atoms with Crippen molar-refractivity contribution in [2.45, 2.75) is 155 Å². The van der Waals surface area contributed by atoms with Crippen LogP contribution < -0.4 is 35.5 Å². The molecule has 0 atom stereocenters. The van der Waals surface area contributed by atoms with Gasteiger partial charge < -0.3 is 92.8 Å². The summed E-state index contributed by atoms with van der Waals surface area (Å²) in [4.78, 5) is 99.2. The van der Waals surface area contributed by atoms with Crippen LogP contribution in [0.3, 0.4) is 0 Å². The van der Waals surface area contributed by atoms with Crippen LogP contribution in [-0.4, -0.2) is 131 Å². The molecule has 12 aromatic heterocycles. The van der Waals surface area contributed by atoms with Crippen LogP contribution in [-0.2, 0) is 73.0 Å². The van der Waals surface area contributed by atoms with E-state index >= 15 is 0 Å². The number of benzene rings is 6. The molecule has 18 aromatic rings. The molecular formula is C109H106BrCl2F6N17O11. The number of ether oxygens (including phenoxy) is 4. The second-order valence-electron chi connectivity index (χ2n) is 38.8. The monoisotopic (exact) mass is 2090 g/mol. The van der Waals surface area contributed by atoms with Crippen molar-refractivity contribution in [1.29, 1.82) is 0 Å². The van der Waals surface area contributed by atoms with E-state index in [4.69, 9.17) is 37.1 Å². The van der Waals surface area contributed by atoms with Gasteiger partial charge in [-0.15, -0.1) is 26.3 Å². The van der Waals surface area contributed by atoms with E-state index in [1.54, 1.807) is 42.4 Å². The fourth-order valence-electron chi connectivity index (χ4n) is 19.7. The van der Waals surface area contributed by atoms with Crippen LogP contribution in [0.15, 0.2) is 253 Å². The van der Waals surface area contributed by atoms with Crippen LogP contribution >= 0.6 is 39.1 Å². The molecule has 6 fully saturated rings. The van der Waals surface area contributed by atoms with Crippen LogP contribution in [0.2, 0.25) is 10.0 Å². The van der Waals surface area contributed by atoms with Crippen molar-refractivity contribution in [3.05, 3.63) is 327 Å². The smallest absolute Gasteiger partial charge is 0.494 e. The van der Waals surface area contributed by atoms with Crippen molar-refractivity contribution >= 4 is 140 Å². The Morgan fingerprint density at radius 1 is 0.404 bits per heavy atom. The van der Waals surface area contributed by atoms with Gasteiger partial charge >= 0.3 is 12.7 Å². The van der Waals surface area contributed by atoms with Gasteiger partial charge in [-0.25, -0.2) is 4.98 Å². The zero-order valence-electron chi connectivity index (χ0n) is 80.6. The van der Waals surface area contributed by atoms with Crippen molar-refractivity contribution in [3.8, 4) is 17.2 Å². The average molecular weight is 2090 g/mol. The van der Waals surface area contributed by atoms with Crippen LogP contribution in [0.4, 0.5) is 26.3 Å². The summed E-state index contributed by atoms with van der Waals surface area (Å²) in [6.07, 6.45) is 27.7. The van der Waals surface area contributed by atoms with Gasteiger partial charge in [0.25, 0.3) is 23.6 Å². The molecule has 0 bridgehead atoms. The molecule has 6 aromatic carbocycles. The highest BCUT2D eigenvalue weighted by atomic mass is 79.9. The molecule has 5 saturated carbocycles. The molecule has 6 aliphatic rings. The quantitative estimate of drug-likeness (QED) is 0.0199. The Hall–Kier alpha value is -14.7. The predicted octanol–water partition coefficient (Wildman–Crippen LogP) is 23.4. The van der Waals surface area contributed by atoms with Gasteiger partial charge in [0.1, 0.15) is 52.0 Å². The number of aromatic amines is 6. The van der Waals surface area contributed by atoms with Crippen LogP contribution in [0.25, 0.3) is 65.4 Å². The molecule has 1 saturated heterocycles. The summed E-state index contributed by atoms with van der Waals surface area (Å²) < 4.78 is 109. The maximum absolute atomic E-state index is 12.9. The first kappa shape index (κ1) is 100. The largest absolute Gasteiger partial charge is 0.573 e. The van der Waals surface area contributed by atoms with Gasteiger partial charge in [0.05, 0.1) is 46.3 Å². The average Bonchev–Trinajstić information content (AvgIpc) is 1.58. The molecule has 4 amide bonds. The maximum Gasteiger partial charge on any atom is 0.573 e. The van der Waals surface area contributed by atoms with Gasteiger partial charge in [0.15, 0.2) is 18.0 Å². The first-order valence-corrected chi connectivity index (χ1v) is 49.6. The number of H-pyrrole nitrogens is 6. The molecule has 13 heterocycles. The third-order valence-electron chi connectivity index (χ3n) is 28.3. The number of aromatic nitrogens is 13. The number of rotatable bonds is 24. The number of aryl methyl sites for hydroxylation is 5. The number of oxazole rings is 1. The SMILES string of the molecule is CCOc1ccc2[nH]c(C(=O)NC3(c4ccn(C)c4)CC3)cc2c1.Cn1cc(C2(NC(=O)c3cc4cc(OC(F)(F)F)ccc4[nH]3)CC2)cn1.Cn1ccc(C2(CC(=O)c3cc4cc(Br)ccc4[nH]3)CCC2)c1.Cn1ccc(C2(CC(=O)c3cc4cc(OC(F)(F)F)ccc4[nH]3)CCC2)c1.Cn1ccc(C2(NC(=O)c3cc4cc(Cl)ccc4[nH]3)CCOCC2)c1.O=C(NC1(c2cocn2)CC1)c1cc2cc(Cl)ccc2[nH]1. The third kappa shape index (κ3) is 22.5. The number of nitrogens with zero attached hydrogens (tertiary/aromatic N) is 7. The zero-order chi connectivity index (χ0) is 102. The lowest BCUT2D eigenvalue weighted by molar-refractivity contribution is -0.275. The van der Waals surface area contributed by atoms with E-state index in [2.05, 4.69) is 146 Å². The fourth-order valence-corrected chi connectivity index (χ4v) is 20.4. The summed E-state index contributed by atoms with van der Waals surface area (Å²) in [5, 5.41) is 22.8. The minimum Gasteiger partial charge on any atom is -0.494 e. The van der Waals surface area contributed by atoms with Gasteiger partial charge in [-0.3, -0.25) is 33.4 Å². The van der Waals surface area contributed by atoms with E-state index in [-0.39, 0.29) is 74.3 Å². The highest BCUT2D eigenvalue weighted by Crippen LogP contribution is 2.52. The summed E-state index contributed by atoms with van der Waals surface area (Å²) in [5.74, 6) is -0.280.